The summed E-state index contributed by atoms with van der Waals surface area (Å²) in [5, 5.41) is 1.58. The summed E-state index contributed by atoms with van der Waals surface area (Å²) < 4.78 is 0. The van der Waals surface area contributed by atoms with Crippen LogP contribution in [0.1, 0.15) is 41.4 Å². The molecule has 0 unspecified atom stereocenters. The second kappa shape index (κ2) is 16.1. The van der Waals surface area contributed by atoms with E-state index in [2.05, 4.69) is 19.9 Å². The first-order valence-electron chi connectivity index (χ1n) is 17.0. The van der Waals surface area contributed by atoms with E-state index in [1.165, 1.54) is 0 Å². The first-order valence-corrected chi connectivity index (χ1v) is 18.5. The molecule has 2 aromatic heterocycles. The number of H-pyrrole nitrogens is 2. The summed E-state index contributed by atoms with van der Waals surface area (Å²) in [6.07, 6.45) is 3.21. The predicted molar refractivity (Wildman–Crippen MR) is 209 cm³/mol. The van der Waals surface area contributed by atoms with Gasteiger partial charge in [-0.05, 0) is 72.8 Å². The van der Waals surface area contributed by atoms with Crippen molar-refractivity contribution in [2.24, 2.45) is 0 Å². The predicted octanol–water partition coefficient (Wildman–Crippen LogP) is 6.94. The van der Waals surface area contributed by atoms with Gasteiger partial charge in [0.1, 0.15) is 0 Å². The molecule has 0 atom stereocenters. The number of rotatable bonds is 4. The molecular formula is C38H32Cl4N8O4. The number of imidazole rings is 2. The summed E-state index contributed by atoms with van der Waals surface area (Å²) in [5.41, 5.74) is 5.40. The van der Waals surface area contributed by atoms with Gasteiger partial charge in [-0.1, -0.05) is 46.4 Å². The SMILES string of the molecule is O=C(c1ccc(Cl)c(Cl)c1)N1CCN(C(=O)c2ccc3[nH]cnc3c2)CC1.O=C(c1ccc2[nH]cnc2c1)N1CCN(C(=O)c2ccc(Cl)cc2Cl)CC1. The molecule has 54 heavy (non-hydrogen) atoms. The fourth-order valence-corrected chi connectivity index (χ4v) is 7.15. The topological polar surface area (TPSA) is 139 Å². The van der Waals surface area contributed by atoms with Gasteiger partial charge in [0.2, 0.25) is 0 Å². The van der Waals surface area contributed by atoms with Crippen LogP contribution in [0.4, 0.5) is 0 Å². The van der Waals surface area contributed by atoms with E-state index in [1.54, 1.807) is 92.9 Å². The highest BCUT2D eigenvalue weighted by Gasteiger charge is 2.28. The van der Waals surface area contributed by atoms with E-state index in [0.717, 1.165) is 22.1 Å². The lowest BCUT2D eigenvalue weighted by molar-refractivity contribution is 0.0535. The zero-order chi connectivity index (χ0) is 37.9. The average molecular weight is 807 g/mol. The molecule has 2 saturated heterocycles. The molecule has 2 aliphatic heterocycles. The highest BCUT2D eigenvalue weighted by Crippen LogP contribution is 2.25. The number of aromatic nitrogens is 4. The van der Waals surface area contributed by atoms with Crippen molar-refractivity contribution in [3.8, 4) is 0 Å². The van der Waals surface area contributed by atoms with E-state index in [0.29, 0.717) is 94.7 Å². The largest absolute Gasteiger partial charge is 0.345 e. The number of carbonyl (C=O) groups is 4. The molecule has 2 N–H and O–H groups in total. The first kappa shape index (κ1) is 37.2. The van der Waals surface area contributed by atoms with Crippen molar-refractivity contribution in [2.45, 2.75) is 0 Å². The molecule has 0 radical (unpaired) electrons. The molecular weight excluding hydrogens is 774 g/mol. The number of nitrogens with one attached hydrogen (secondary N) is 2. The molecule has 6 aromatic rings. The van der Waals surface area contributed by atoms with Crippen LogP contribution in [0.15, 0.2) is 85.5 Å². The number of amides is 4. The average Bonchev–Trinajstić information content (AvgIpc) is 3.88. The zero-order valence-corrected chi connectivity index (χ0v) is 31.6. The Kier molecular flexibility index (Phi) is 11.1. The van der Waals surface area contributed by atoms with Crippen LogP contribution in [0.3, 0.4) is 0 Å². The van der Waals surface area contributed by atoms with Gasteiger partial charge in [-0.3, -0.25) is 19.2 Å². The summed E-state index contributed by atoms with van der Waals surface area (Å²) in [4.78, 5) is 72.1. The van der Waals surface area contributed by atoms with Crippen LogP contribution in [0, 0.1) is 0 Å². The van der Waals surface area contributed by atoms with Gasteiger partial charge < -0.3 is 29.6 Å². The monoisotopic (exact) mass is 804 g/mol. The molecule has 4 amide bonds. The molecule has 16 heteroatoms. The van der Waals surface area contributed by atoms with Crippen molar-refractivity contribution >= 4 is 92.1 Å². The summed E-state index contributed by atoms with van der Waals surface area (Å²) in [6, 6.07) is 20.5. The lowest BCUT2D eigenvalue weighted by Gasteiger charge is -2.35. The summed E-state index contributed by atoms with van der Waals surface area (Å²) >= 11 is 23.9. The van der Waals surface area contributed by atoms with Gasteiger partial charge in [0.25, 0.3) is 23.6 Å². The molecule has 0 saturated carbocycles. The van der Waals surface area contributed by atoms with Crippen LogP contribution in [0.25, 0.3) is 22.1 Å². The van der Waals surface area contributed by atoms with Crippen molar-refractivity contribution < 1.29 is 19.2 Å². The van der Waals surface area contributed by atoms with E-state index in [1.807, 2.05) is 12.1 Å². The highest BCUT2D eigenvalue weighted by molar-refractivity contribution is 6.42. The van der Waals surface area contributed by atoms with Crippen molar-refractivity contribution in [3.63, 3.8) is 0 Å². The van der Waals surface area contributed by atoms with Gasteiger partial charge in [-0.2, -0.15) is 0 Å². The third kappa shape index (κ3) is 8.02. The molecule has 2 aliphatic rings. The van der Waals surface area contributed by atoms with Crippen molar-refractivity contribution in [1.82, 2.24) is 39.5 Å². The molecule has 4 aromatic carbocycles. The quantitative estimate of drug-likeness (QED) is 0.198. The number of hydrogen-bond acceptors (Lipinski definition) is 6. The normalized spacial score (nSPS) is 14.6. The Morgan fingerprint density at radius 3 is 1.33 bits per heavy atom. The molecule has 2 fully saturated rings. The standard InChI is InChI=1S/2C19H16Cl2N4O2/c20-13-2-3-14(15(21)10-13)19(27)25-7-5-24(6-8-25)18(26)12-1-4-16-17(9-12)23-11-22-16;20-14-3-1-12(9-15(14)21)18(26)24-5-7-25(8-6-24)19(27)13-2-4-16-17(10-13)23-11-22-16/h2*1-4,9-11H,5-8H2,(H,22,23). The van der Waals surface area contributed by atoms with Crippen molar-refractivity contribution in [2.75, 3.05) is 52.4 Å². The molecule has 0 aliphatic carbocycles. The molecule has 0 bridgehead atoms. The Bertz CT molecular complexity index is 2380. The van der Waals surface area contributed by atoms with Crippen LogP contribution in [-0.4, -0.2) is 116 Å². The fraction of sp³-hybridized carbons (Fsp3) is 0.211. The number of nitrogens with zero attached hydrogens (tertiary/aromatic N) is 6. The Hall–Kier alpha value is -5.14. The Balaban J connectivity index is 0.000000167. The minimum absolute atomic E-state index is 0.0541. The summed E-state index contributed by atoms with van der Waals surface area (Å²) in [6.45, 7) is 3.73. The van der Waals surface area contributed by atoms with Gasteiger partial charge in [-0.25, -0.2) is 9.97 Å². The minimum atomic E-state index is -0.151. The van der Waals surface area contributed by atoms with Crippen molar-refractivity contribution in [1.29, 1.82) is 0 Å². The smallest absolute Gasteiger partial charge is 0.255 e. The van der Waals surface area contributed by atoms with Crippen LogP contribution in [0.5, 0.6) is 0 Å². The molecule has 12 nitrogen and oxygen atoms in total. The third-order valence-electron chi connectivity index (χ3n) is 9.37. The number of piperazine rings is 2. The number of fused-ring (bicyclic) bond motifs is 2. The van der Waals surface area contributed by atoms with Crippen LogP contribution in [-0.2, 0) is 0 Å². The van der Waals surface area contributed by atoms with Gasteiger partial charge in [-0.15, -0.1) is 0 Å². The summed E-state index contributed by atoms with van der Waals surface area (Å²) in [5.74, 6) is -0.377. The number of aromatic amines is 2. The van der Waals surface area contributed by atoms with Crippen LogP contribution < -0.4 is 0 Å². The Labute approximate surface area is 329 Å². The number of carbonyl (C=O) groups excluding carboxylic acids is 4. The van der Waals surface area contributed by atoms with Crippen LogP contribution >= 0.6 is 46.4 Å². The molecule has 4 heterocycles. The third-order valence-corrected chi connectivity index (χ3v) is 10.7. The molecule has 0 spiro atoms. The van der Waals surface area contributed by atoms with E-state index < -0.39 is 0 Å². The number of hydrogen-bond donors (Lipinski definition) is 2. The lowest BCUT2D eigenvalue weighted by Crippen LogP contribution is -2.50. The van der Waals surface area contributed by atoms with Gasteiger partial charge in [0.15, 0.2) is 0 Å². The summed E-state index contributed by atoms with van der Waals surface area (Å²) in [7, 11) is 0. The molecule has 276 valence electrons. The molecule has 8 rings (SSSR count). The number of benzene rings is 4. The lowest BCUT2D eigenvalue weighted by atomic mass is 10.1. The van der Waals surface area contributed by atoms with Crippen molar-refractivity contribution in [3.05, 3.63) is 128 Å². The minimum Gasteiger partial charge on any atom is -0.345 e. The van der Waals surface area contributed by atoms with Gasteiger partial charge in [0, 0.05) is 74.1 Å². The van der Waals surface area contributed by atoms with E-state index >= 15 is 0 Å². The van der Waals surface area contributed by atoms with Crippen LogP contribution in [0.2, 0.25) is 20.1 Å². The number of halogens is 4. The Morgan fingerprint density at radius 1 is 0.463 bits per heavy atom. The maximum absolute atomic E-state index is 12.8. The van der Waals surface area contributed by atoms with E-state index in [4.69, 9.17) is 46.4 Å². The van der Waals surface area contributed by atoms with E-state index in [-0.39, 0.29) is 23.6 Å². The van der Waals surface area contributed by atoms with E-state index in [9.17, 15) is 19.2 Å². The maximum Gasteiger partial charge on any atom is 0.255 e. The van der Waals surface area contributed by atoms with Gasteiger partial charge in [0.05, 0.1) is 55.4 Å². The Morgan fingerprint density at radius 2 is 0.889 bits per heavy atom. The van der Waals surface area contributed by atoms with Gasteiger partial charge >= 0.3 is 0 Å². The fourth-order valence-electron chi connectivity index (χ4n) is 6.37. The zero-order valence-electron chi connectivity index (χ0n) is 28.6. The maximum atomic E-state index is 12.8. The second-order valence-electron chi connectivity index (χ2n) is 12.7. The highest BCUT2D eigenvalue weighted by atomic mass is 35.5. The first-order chi connectivity index (χ1) is 26.0. The second-order valence-corrected chi connectivity index (χ2v) is 14.3.